The smallest absolute Gasteiger partial charge is 0.122 e. The molecule has 3 heteroatoms. The van der Waals surface area contributed by atoms with Gasteiger partial charge in [0.15, 0.2) is 0 Å². The third kappa shape index (κ3) is 4.73. The summed E-state index contributed by atoms with van der Waals surface area (Å²) < 4.78 is 11.7. The molecule has 3 atom stereocenters. The average Bonchev–Trinajstić information content (AvgIpc) is 2.48. The van der Waals surface area contributed by atoms with Gasteiger partial charge in [-0.25, -0.2) is 0 Å². The highest BCUT2D eigenvalue weighted by Gasteiger charge is 2.27. The van der Waals surface area contributed by atoms with E-state index in [1.54, 1.807) is 0 Å². The summed E-state index contributed by atoms with van der Waals surface area (Å²) in [6, 6.07) is 10.2. The van der Waals surface area contributed by atoms with Crippen LogP contribution >= 0.6 is 0 Å². The number of hydrogen-bond acceptors (Lipinski definition) is 3. The largest absolute Gasteiger partial charge is 0.377 e. The van der Waals surface area contributed by atoms with Crippen LogP contribution in [0.2, 0.25) is 0 Å². The molecule has 1 aromatic rings. The van der Waals surface area contributed by atoms with E-state index < -0.39 is 0 Å². The average molecular weight is 276 g/mol. The molecule has 1 aliphatic heterocycles. The first-order chi connectivity index (χ1) is 9.79. The van der Waals surface area contributed by atoms with Crippen molar-refractivity contribution in [1.82, 2.24) is 0 Å². The predicted molar refractivity (Wildman–Crippen MR) is 78.5 cm³/mol. The van der Waals surface area contributed by atoms with Gasteiger partial charge in [0.25, 0.3) is 0 Å². The van der Waals surface area contributed by atoms with E-state index in [1.807, 2.05) is 18.2 Å². The van der Waals surface area contributed by atoms with E-state index in [2.05, 4.69) is 19.1 Å². The number of benzene rings is 1. The van der Waals surface area contributed by atoms with E-state index in [1.165, 1.54) is 5.56 Å². The van der Waals surface area contributed by atoms with E-state index in [0.717, 1.165) is 25.5 Å². The SMILES string of the molecule is C[C@H]1CC[C@@H](CCOCc2ccccc2)O[C@@H]1CC=O. The number of ether oxygens (including phenoxy) is 2. The Morgan fingerprint density at radius 3 is 2.85 bits per heavy atom. The lowest BCUT2D eigenvalue weighted by Gasteiger charge is -2.34. The van der Waals surface area contributed by atoms with Gasteiger partial charge >= 0.3 is 0 Å². The maximum absolute atomic E-state index is 10.6. The van der Waals surface area contributed by atoms with Gasteiger partial charge < -0.3 is 14.3 Å². The molecule has 0 unspecified atom stereocenters. The lowest BCUT2D eigenvalue weighted by atomic mass is 9.91. The number of carbonyl (C=O) groups excluding carboxylic acids is 1. The Balaban J connectivity index is 1.65. The fourth-order valence-electron chi connectivity index (χ4n) is 2.66. The molecule has 110 valence electrons. The lowest BCUT2D eigenvalue weighted by Crippen LogP contribution is -2.34. The first-order valence-corrected chi connectivity index (χ1v) is 7.50. The Labute approximate surface area is 121 Å². The Morgan fingerprint density at radius 1 is 1.30 bits per heavy atom. The Hall–Kier alpha value is -1.19. The van der Waals surface area contributed by atoms with E-state index >= 15 is 0 Å². The van der Waals surface area contributed by atoms with Crippen LogP contribution in [0.5, 0.6) is 0 Å². The Kier molecular flexibility index (Phi) is 6.22. The summed E-state index contributed by atoms with van der Waals surface area (Å²) in [7, 11) is 0. The van der Waals surface area contributed by atoms with Gasteiger partial charge in [-0.2, -0.15) is 0 Å². The minimum atomic E-state index is 0.0976. The molecule has 1 heterocycles. The zero-order valence-electron chi connectivity index (χ0n) is 12.2. The topological polar surface area (TPSA) is 35.5 Å². The van der Waals surface area contributed by atoms with Crippen molar-refractivity contribution in [2.45, 2.75) is 51.4 Å². The van der Waals surface area contributed by atoms with Crippen molar-refractivity contribution in [1.29, 1.82) is 0 Å². The van der Waals surface area contributed by atoms with Gasteiger partial charge in [0, 0.05) is 13.0 Å². The van der Waals surface area contributed by atoms with Gasteiger partial charge in [0.05, 0.1) is 18.8 Å². The first-order valence-electron chi connectivity index (χ1n) is 7.50. The summed E-state index contributed by atoms with van der Waals surface area (Å²) in [4.78, 5) is 10.6. The normalized spacial score (nSPS) is 26.4. The minimum Gasteiger partial charge on any atom is -0.377 e. The third-order valence-electron chi connectivity index (χ3n) is 3.97. The number of rotatable bonds is 7. The summed E-state index contributed by atoms with van der Waals surface area (Å²) in [5.41, 5.74) is 1.20. The van der Waals surface area contributed by atoms with Crippen LogP contribution in [0.4, 0.5) is 0 Å². The minimum absolute atomic E-state index is 0.0976. The molecule has 20 heavy (non-hydrogen) atoms. The maximum atomic E-state index is 10.6. The zero-order valence-corrected chi connectivity index (χ0v) is 12.2. The van der Waals surface area contributed by atoms with Crippen LogP contribution < -0.4 is 0 Å². The molecular formula is C17H24O3. The Morgan fingerprint density at radius 2 is 2.10 bits per heavy atom. The van der Waals surface area contributed by atoms with Crippen LogP contribution in [-0.2, 0) is 20.9 Å². The fraction of sp³-hybridized carbons (Fsp3) is 0.588. The molecule has 0 spiro atoms. The second-order valence-electron chi connectivity index (χ2n) is 5.58. The molecule has 0 amide bonds. The summed E-state index contributed by atoms with van der Waals surface area (Å²) in [5, 5.41) is 0. The monoisotopic (exact) mass is 276 g/mol. The molecule has 0 radical (unpaired) electrons. The third-order valence-corrected chi connectivity index (χ3v) is 3.97. The van der Waals surface area contributed by atoms with Gasteiger partial charge in [-0.3, -0.25) is 0 Å². The van der Waals surface area contributed by atoms with Crippen LogP contribution in [-0.4, -0.2) is 25.1 Å². The molecule has 1 fully saturated rings. The van der Waals surface area contributed by atoms with Crippen LogP contribution in [0.25, 0.3) is 0 Å². The molecule has 2 rings (SSSR count). The highest BCUT2D eigenvalue weighted by molar-refractivity contribution is 5.50. The van der Waals surface area contributed by atoms with Crippen molar-refractivity contribution < 1.29 is 14.3 Å². The van der Waals surface area contributed by atoms with Crippen LogP contribution in [0.15, 0.2) is 30.3 Å². The molecule has 0 bridgehead atoms. The summed E-state index contributed by atoms with van der Waals surface area (Å²) in [5.74, 6) is 0.488. The number of carbonyl (C=O) groups is 1. The standard InChI is InChI=1S/C17H24O3/c1-14-7-8-16(20-17(14)9-11-18)10-12-19-13-15-5-3-2-4-6-15/h2-6,11,14,16-17H,7-10,12-13H2,1H3/t14-,16-,17+/m0/s1. The highest BCUT2D eigenvalue weighted by Crippen LogP contribution is 2.27. The van der Waals surface area contributed by atoms with Crippen molar-refractivity contribution in [3.63, 3.8) is 0 Å². The van der Waals surface area contributed by atoms with Crippen LogP contribution in [0.3, 0.4) is 0 Å². The van der Waals surface area contributed by atoms with Crippen molar-refractivity contribution in [3.8, 4) is 0 Å². The van der Waals surface area contributed by atoms with Crippen molar-refractivity contribution >= 4 is 6.29 Å². The van der Waals surface area contributed by atoms with Crippen molar-refractivity contribution in [2.24, 2.45) is 5.92 Å². The number of hydrogen-bond donors (Lipinski definition) is 0. The molecule has 0 aromatic heterocycles. The molecule has 0 aliphatic carbocycles. The van der Waals surface area contributed by atoms with Gasteiger partial charge in [-0.1, -0.05) is 37.3 Å². The summed E-state index contributed by atoms with van der Waals surface area (Å²) in [6.45, 7) is 3.53. The van der Waals surface area contributed by atoms with Crippen LogP contribution in [0, 0.1) is 5.92 Å². The second kappa shape index (κ2) is 8.18. The van der Waals surface area contributed by atoms with E-state index in [-0.39, 0.29) is 12.2 Å². The second-order valence-corrected chi connectivity index (χ2v) is 5.58. The van der Waals surface area contributed by atoms with E-state index in [4.69, 9.17) is 9.47 Å². The van der Waals surface area contributed by atoms with Gasteiger partial charge in [0.2, 0.25) is 0 Å². The molecule has 1 saturated heterocycles. The highest BCUT2D eigenvalue weighted by atomic mass is 16.5. The molecular weight excluding hydrogens is 252 g/mol. The van der Waals surface area contributed by atoms with Gasteiger partial charge in [-0.05, 0) is 30.7 Å². The molecule has 0 N–H and O–H groups in total. The maximum Gasteiger partial charge on any atom is 0.122 e. The summed E-state index contributed by atoms with van der Waals surface area (Å²) >= 11 is 0. The van der Waals surface area contributed by atoms with E-state index in [9.17, 15) is 4.79 Å². The quantitative estimate of drug-likeness (QED) is 0.566. The molecule has 3 nitrogen and oxygen atoms in total. The number of aldehydes is 1. The molecule has 1 aliphatic rings. The Bertz CT molecular complexity index is 390. The fourth-order valence-corrected chi connectivity index (χ4v) is 2.66. The molecule has 0 saturated carbocycles. The first kappa shape index (κ1) is 15.2. The lowest BCUT2D eigenvalue weighted by molar-refractivity contribution is -0.120. The van der Waals surface area contributed by atoms with Crippen molar-refractivity contribution in [3.05, 3.63) is 35.9 Å². The van der Waals surface area contributed by atoms with Gasteiger partial charge in [-0.15, -0.1) is 0 Å². The van der Waals surface area contributed by atoms with Gasteiger partial charge in [0.1, 0.15) is 6.29 Å². The van der Waals surface area contributed by atoms with E-state index in [0.29, 0.717) is 25.6 Å². The van der Waals surface area contributed by atoms with Crippen molar-refractivity contribution in [2.75, 3.05) is 6.61 Å². The zero-order chi connectivity index (χ0) is 14.2. The predicted octanol–water partition coefficient (Wildman–Crippen LogP) is 3.37. The van der Waals surface area contributed by atoms with Crippen LogP contribution in [0.1, 0.15) is 38.2 Å². The molecule has 1 aromatic carbocycles. The summed E-state index contributed by atoms with van der Waals surface area (Å²) in [6.07, 6.45) is 4.95.